The third-order valence-corrected chi connectivity index (χ3v) is 6.27. The van der Waals surface area contributed by atoms with Crippen molar-refractivity contribution in [3.63, 3.8) is 0 Å². The van der Waals surface area contributed by atoms with Crippen LogP contribution in [-0.2, 0) is 22.3 Å². The van der Waals surface area contributed by atoms with Gasteiger partial charge in [0.15, 0.2) is 11.6 Å². The molecular weight excluding hydrogens is 492 g/mol. The zero-order valence-corrected chi connectivity index (χ0v) is 22.5. The van der Waals surface area contributed by atoms with E-state index in [1.54, 1.807) is 24.3 Å². The molecule has 1 N–H and O–H groups in total. The van der Waals surface area contributed by atoms with Gasteiger partial charge in [-0.05, 0) is 69.7 Å². The molecule has 2 aromatic rings. The van der Waals surface area contributed by atoms with E-state index >= 15 is 0 Å². The van der Waals surface area contributed by atoms with Crippen LogP contribution in [0.4, 0.5) is 4.79 Å². The van der Waals surface area contributed by atoms with Gasteiger partial charge in [-0.25, -0.2) is 4.79 Å². The lowest BCUT2D eigenvalue weighted by atomic mass is 10.00. The highest BCUT2D eigenvalue weighted by atomic mass is 16.8. The maximum Gasteiger partial charge on any atom is 0.511 e. The molecule has 0 amide bonds. The quantitative estimate of drug-likeness (QED) is 0.195. The van der Waals surface area contributed by atoms with Crippen LogP contribution < -0.4 is 14.2 Å². The second-order valence-corrected chi connectivity index (χ2v) is 9.17. The number of aromatic hydroxyl groups is 1. The van der Waals surface area contributed by atoms with Crippen LogP contribution in [0.15, 0.2) is 24.3 Å². The van der Waals surface area contributed by atoms with Crippen molar-refractivity contribution in [1.82, 2.24) is 0 Å². The fourth-order valence-corrected chi connectivity index (χ4v) is 4.29. The number of aryl methyl sites for hydroxylation is 1. The lowest BCUT2D eigenvalue weighted by molar-refractivity contribution is -0.0688. The van der Waals surface area contributed by atoms with E-state index in [1.807, 2.05) is 6.92 Å². The number of rotatable bonds is 13. The molecular formula is C29H36O9. The summed E-state index contributed by atoms with van der Waals surface area (Å²) in [6.45, 7) is 5.79. The van der Waals surface area contributed by atoms with E-state index in [0.29, 0.717) is 66.4 Å². The Kier molecular flexibility index (Phi) is 10.4. The first kappa shape index (κ1) is 28.8. The SMILES string of the molecule is CCCc1c(OCCCCCOc2cc3c(cc2C(C)=O)CCC(OC(=O)OC)O3)ccc(C(C)=O)c1O. The van der Waals surface area contributed by atoms with Gasteiger partial charge in [0.05, 0.1) is 31.5 Å². The number of hydrogen-bond acceptors (Lipinski definition) is 9. The number of carbonyl (C=O) groups is 3. The molecule has 0 saturated carbocycles. The minimum Gasteiger partial charge on any atom is -0.507 e. The van der Waals surface area contributed by atoms with Crippen molar-refractivity contribution in [3.05, 3.63) is 46.5 Å². The number of Topliss-reactive ketones (excluding diaryl/α,β-unsaturated/α-hetero) is 2. The first-order valence-electron chi connectivity index (χ1n) is 13.0. The molecule has 9 nitrogen and oxygen atoms in total. The average Bonchev–Trinajstić information content (AvgIpc) is 2.88. The Labute approximate surface area is 223 Å². The maximum absolute atomic E-state index is 12.2. The summed E-state index contributed by atoms with van der Waals surface area (Å²) in [5.41, 5.74) is 2.31. The Hall–Kier alpha value is -3.75. The van der Waals surface area contributed by atoms with Crippen LogP contribution in [0.2, 0.25) is 0 Å². The van der Waals surface area contributed by atoms with Crippen LogP contribution in [0.1, 0.15) is 84.7 Å². The van der Waals surface area contributed by atoms with E-state index in [9.17, 15) is 19.5 Å². The number of carbonyl (C=O) groups excluding carboxylic acids is 3. The largest absolute Gasteiger partial charge is 0.511 e. The highest BCUT2D eigenvalue weighted by Crippen LogP contribution is 2.35. The molecule has 0 bridgehead atoms. The minimum absolute atomic E-state index is 0.00346. The normalized spacial score (nSPS) is 14.2. The second-order valence-electron chi connectivity index (χ2n) is 9.17. The Morgan fingerprint density at radius 3 is 2.29 bits per heavy atom. The maximum atomic E-state index is 12.2. The van der Waals surface area contributed by atoms with E-state index in [0.717, 1.165) is 31.2 Å². The summed E-state index contributed by atoms with van der Waals surface area (Å²) in [5, 5.41) is 10.5. The topological polar surface area (TPSA) is 118 Å². The van der Waals surface area contributed by atoms with Crippen molar-refractivity contribution in [1.29, 1.82) is 0 Å². The van der Waals surface area contributed by atoms with E-state index in [2.05, 4.69) is 4.74 Å². The molecule has 38 heavy (non-hydrogen) atoms. The highest BCUT2D eigenvalue weighted by Gasteiger charge is 2.26. The van der Waals surface area contributed by atoms with E-state index in [-0.39, 0.29) is 17.3 Å². The molecule has 0 fully saturated rings. The number of unbranched alkanes of at least 4 members (excludes halogenated alkanes) is 2. The summed E-state index contributed by atoms with van der Waals surface area (Å²) in [5.74, 6) is 1.26. The Morgan fingerprint density at radius 2 is 1.66 bits per heavy atom. The van der Waals surface area contributed by atoms with Gasteiger partial charge in [0.25, 0.3) is 0 Å². The molecule has 0 aromatic heterocycles. The number of fused-ring (bicyclic) bond motifs is 1. The first-order chi connectivity index (χ1) is 18.2. The van der Waals surface area contributed by atoms with Crippen LogP contribution in [0.25, 0.3) is 0 Å². The number of ether oxygens (including phenoxy) is 5. The van der Waals surface area contributed by atoms with Crippen LogP contribution in [0.3, 0.4) is 0 Å². The van der Waals surface area contributed by atoms with Crippen LogP contribution in [0.5, 0.6) is 23.0 Å². The molecule has 0 radical (unpaired) electrons. The van der Waals surface area contributed by atoms with Crippen molar-refractivity contribution in [3.8, 4) is 23.0 Å². The van der Waals surface area contributed by atoms with Gasteiger partial charge in [0, 0.05) is 18.1 Å². The van der Waals surface area contributed by atoms with Crippen LogP contribution >= 0.6 is 0 Å². The molecule has 1 aliphatic heterocycles. The number of hydrogen-bond donors (Lipinski definition) is 1. The van der Waals surface area contributed by atoms with Gasteiger partial charge in [-0.3, -0.25) is 9.59 Å². The molecule has 1 atom stereocenters. The smallest absolute Gasteiger partial charge is 0.507 e. The number of phenols is 1. The van der Waals surface area contributed by atoms with Crippen molar-refractivity contribution < 1.29 is 43.2 Å². The van der Waals surface area contributed by atoms with Gasteiger partial charge < -0.3 is 28.8 Å². The summed E-state index contributed by atoms with van der Waals surface area (Å²) in [6.07, 6.45) is 3.25. The molecule has 0 aliphatic carbocycles. The van der Waals surface area contributed by atoms with Gasteiger partial charge in [-0.1, -0.05) is 13.3 Å². The standard InChI is InChI=1S/C29H36O9/c1-5-9-22-24(12-11-21(18(2)30)28(22)32)35-14-7-6-8-15-36-26-17-25-20(16-23(26)19(3)31)10-13-27(37-25)38-29(33)34-4/h11-12,16-17,27,32H,5-10,13-15H2,1-4H3. The Morgan fingerprint density at radius 1 is 0.974 bits per heavy atom. The third-order valence-electron chi connectivity index (χ3n) is 6.27. The predicted molar refractivity (Wildman–Crippen MR) is 140 cm³/mol. The van der Waals surface area contributed by atoms with Crippen molar-refractivity contribution in [2.75, 3.05) is 20.3 Å². The molecule has 1 unspecified atom stereocenters. The first-order valence-corrected chi connectivity index (χ1v) is 13.0. The molecule has 206 valence electrons. The molecule has 1 aliphatic rings. The molecule has 0 spiro atoms. The highest BCUT2D eigenvalue weighted by molar-refractivity contribution is 5.98. The minimum atomic E-state index is -0.814. The predicted octanol–water partition coefficient (Wildman–Crippen LogP) is 5.81. The number of phenolic OH excluding ortho intramolecular Hbond substituents is 1. The Balaban J connectivity index is 1.51. The molecule has 9 heteroatoms. The second kappa shape index (κ2) is 13.7. The zero-order chi connectivity index (χ0) is 27.7. The zero-order valence-electron chi connectivity index (χ0n) is 22.5. The van der Waals surface area contributed by atoms with E-state index in [4.69, 9.17) is 18.9 Å². The van der Waals surface area contributed by atoms with Gasteiger partial charge in [-0.15, -0.1) is 0 Å². The molecule has 2 aromatic carbocycles. The van der Waals surface area contributed by atoms with E-state index in [1.165, 1.54) is 21.0 Å². The van der Waals surface area contributed by atoms with Crippen molar-refractivity contribution in [2.24, 2.45) is 0 Å². The van der Waals surface area contributed by atoms with Gasteiger partial charge in [-0.2, -0.15) is 0 Å². The number of ketones is 2. The fraction of sp³-hybridized carbons (Fsp3) is 0.483. The molecule has 1 heterocycles. The monoisotopic (exact) mass is 528 g/mol. The lowest BCUT2D eigenvalue weighted by Gasteiger charge is -2.26. The third kappa shape index (κ3) is 7.40. The fourth-order valence-electron chi connectivity index (χ4n) is 4.29. The lowest BCUT2D eigenvalue weighted by Crippen LogP contribution is -2.28. The number of methoxy groups -OCH3 is 1. The summed E-state index contributed by atoms with van der Waals surface area (Å²) in [6, 6.07) is 6.79. The van der Waals surface area contributed by atoms with Crippen molar-refractivity contribution >= 4 is 17.7 Å². The molecule has 3 rings (SSSR count). The summed E-state index contributed by atoms with van der Waals surface area (Å²) >= 11 is 0. The van der Waals surface area contributed by atoms with Crippen LogP contribution in [-0.4, -0.2) is 49.4 Å². The average molecular weight is 529 g/mol. The number of benzene rings is 2. The van der Waals surface area contributed by atoms with Gasteiger partial charge in [0.2, 0.25) is 6.29 Å². The van der Waals surface area contributed by atoms with Gasteiger partial charge in [0.1, 0.15) is 23.0 Å². The van der Waals surface area contributed by atoms with Gasteiger partial charge >= 0.3 is 6.16 Å². The van der Waals surface area contributed by atoms with E-state index < -0.39 is 12.4 Å². The van der Waals surface area contributed by atoms with Crippen molar-refractivity contribution in [2.45, 2.75) is 72.0 Å². The molecule has 0 saturated heterocycles. The summed E-state index contributed by atoms with van der Waals surface area (Å²) in [4.78, 5) is 35.3. The van der Waals surface area contributed by atoms with Crippen LogP contribution in [0, 0.1) is 0 Å². The Bertz CT molecular complexity index is 1160. The summed E-state index contributed by atoms with van der Waals surface area (Å²) in [7, 11) is 1.23. The summed E-state index contributed by atoms with van der Waals surface area (Å²) < 4.78 is 27.2.